The van der Waals surface area contributed by atoms with Gasteiger partial charge < -0.3 is 19.7 Å². The zero-order valence-electron chi connectivity index (χ0n) is 20.4. The van der Waals surface area contributed by atoms with Crippen molar-refractivity contribution in [2.75, 3.05) is 19.8 Å². The molecule has 2 atom stereocenters. The topological polar surface area (TPSA) is 67.9 Å². The third kappa shape index (κ3) is 7.96. The lowest BCUT2D eigenvalue weighted by molar-refractivity contribution is -0.143. The van der Waals surface area contributed by atoms with E-state index in [0.29, 0.717) is 35.4 Å². The van der Waals surface area contributed by atoms with Gasteiger partial charge in [0, 0.05) is 31.1 Å². The van der Waals surface area contributed by atoms with Crippen LogP contribution in [0, 0.1) is 0 Å². The van der Waals surface area contributed by atoms with E-state index in [9.17, 15) is 9.59 Å². The van der Waals surface area contributed by atoms with Gasteiger partial charge in [-0.3, -0.25) is 9.59 Å². The Labute approximate surface area is 227 Å². The van der Waals surface area contributed by atoms with Gasteiger partial charge in [-0.2, -0.15) is 0 Å². The van der Waals surface area contributed by atoms with Gasteiger partial charge in [0.1, 0.15) is 11.8 Å². The molecule has 37 heavy (non-hydrogen) atoms. The van der Waals surface area contributed by atoms with Crippen LogP contribution in [0.4, 0.5) is 0 Å². The minimum atomic E-state index is -0.762. The number of hydrogen-bond acceptors (Lipinski definition) is 4. The quantitative estimate of drug-likeness (QED) is 0.358. The summed E-state index contributed by atoms with van der Waals surface area (Å²) in [6.45, 7) is 1.06. The number of benzene rings is 3. The van der Waals surface area contributed by atoms with Gasteiger partial charge in [-0.25, -0.2) is 0 Å². The van der Waals surface area contributed by atoms with Gasteiger partial charge in [0.15, 0.2) is 6.61 Å². The molecule has 1 aliphatic rings. The van der Waals surface area contributed by atoms with Crippen LogP contribution in [0.25, 0.3) is 0 Å². The minimum Gasteiger partial charge on any atom is -0.482 e. The van der Waals surface area contributed by atoms with Crippen molar-refractivity contribution in [3.8, 4) is 5.75 Å². The Bertz CT molecular complexity index is 1170. The summed E-state index contributed by atoms with van der Waals surface area (Å²) < 4.78 is 11.4. The number of carbonyl (C=O) groups is 2. The van der Waals surface area contributed by atoms with Gasteiger partial charge in [-0.1, -0.05) is 77.8 Å². The van der Waals surface area contributed by atoms with Gasteiger partial charge in [-0.05, 0) is 48.2 Å². The van der Waals surface area contributed by atoms with Gasteiger partial charge in [-0.15, -0.1) is 0 Å². The third-order valence-corrected chi connectivity index (χ3v) is 6.82. The zero-order chi connectivity index (χ0) is 26.0. The molecule has 2 amide bonds. The first-order chi connectivity index (χ1) is 18.0. The summed E-state index contributed by atoms with van der Waals surface area (Å²) >= 11 is 12.3. The van der Waals surface area contributed by atoms with Crippen LogP contribution in [0.2, 0.25) is 10.0 Å². The number of amides is 2. The zero-order valence-corrected chi connectivity index (χ0v) is 22.0. The summed E-state index contributed by atoms with van der Waals surface area (Å²) in [6.07, 6.45) is 2.23. The Morgan fingerprint density at radius 3 is 2.41 bits per heavy atom. The Kier molecular flexibility index (Phi) is 9.83. The Balaban J connectivity index is 1.58. The van der Waals surface area contributed by atoms with Gasteiger partial charge in [0.05, 0.1) is 11.1 Å². The second-order valence-corrected chi connectivity index (χ2v) is 9.80. The van der Waals surface area contributed by atoms with Crippen LogP contribution in [0.15, 0.2) is 78.9 Å². The molecule has 1 aliphatic heterocycles. The molecule has 8 heteroatoms. The molecule has 1 fully saturated rings. The van der Waals surface area contributed by atoms with Crippen molar-refractivity contribution in [2.45, 2.75) is 38.0 Å². The summed E-state index contributed by atoms with van der Waals surface area (Å²) in [6, 6.07) is 23.1. The average molecular weight is 541 g/mol. The number of hydrogen-bond donors (Lipinski definition) is 1. The van der Waals surface area contributed by atoms with Crippen molar-refractivity contribution in [3.63, 3.8) is 0 Å². The third-order valence-electron chi connectivity index (χ3n) is 6.25. The monoisotopic (exact) mass is 540 g/mol. The SMILES string of the molecule is O=C(NC[C@H]1CCCO1)[C@@H](Cc1ccccc1)N(Cc1ccc(Cl)cc1)C(=O)COc1ccccc1Cl. The molecule has 0 radical (unpaired) electrons. The van der Waals surface area contributed by atoms with Gasteiger partial charge in [0.25, 0.3) is 5.91 Å². The highest BCUT2D eigenvalue weighted by Gasteiger charge is 2.31. The molecular formula is C29H30Cl2N2O4. The van der Waals surface area contributed by atoms with Crippen LogP contribution < -0.4 is 10.1 Å². The minimum absolute atomic E-state index is 0.00898. The number of nitrogens with zero attached hydrogens (tertiary/aromatic N) is 1. The predicted octanol–water partition coefficient (Wildman–Crippen LogP) is 5.31. The summed E-state index contributed by atoms with van der Waals surface area (Å²) in [4.78, 5) is 28.8. The maximum absolute atomic E-state index is 13.6. The first-order valence-electron chi connectivity index (χ1n) is 12.3. The highest BCUT2D eigenvalue weighted by molar-refractivity contribution is 6.32. The second-order valence-electron chi connectivity index (χ2n) is 8.95. The van der Waals surface area contributed by atoms with Crippen LogP contribution in [0.5, 0.6) is 5.75 Å². The number of carbonyl (C=O) groups excluding carboxylic acids is 2. The van der Waals surface area contributed by atoms with Crippen LogP contribution in [0.3, 0.4) is 0 Å². The fraction of sp³-hybridized carbons (Fsp3) is 0.310. The molecule has 0 unspecified atom stereocenters. The Morgan fingerprint density at radius 1 is 0.973 bits per heavy atom. The molecule has 0 spiro atoms. The molecule has 6 nitrogen and oxygen atoms in total. The van der Waals surface area contributed by atoms with Crippen molar-refractivity contribution < 1.29 is 19.1 Å². The highest BCUT2D eigenvalue weighted by Crippen LogP contribution is 2.24. The lowest BCUT2D eigenvalue weighted by Crippen LogP contribution is -2.52. The van der Waals surface area contributed by atoms with E-state index in [1.54, 1.807) is 41.3 Å². The van der Waals surface area contributed by atoms with Crippen molar-refractivity contribution in [1.82, 2.24) is 10.2 Å². The molecule has 1 heterocycles. The lowest BCUT2D eigenvalue weighted by atomic mass is 10.0. The molecule has 3 aromatic rings. The van der Waals surface area contributed by atoms with Crippen molar-refractivity contribution in [3.05, 3.63) is 100 Å². The summed E-state index contributed by atoms with van der Waals surface area (Å²) in [5.74, 6) is -0.158. The van der Waals surface area contributed by atoms with Crippen LogP contribution >= 0.6 is 23.2 Å². The van der Waals surface area contributed by atoms with E-state index in [0.717, 1.165) is 24.0 Å². The predicted molar refractivity (Wildman–Crippen MR) is 145 cm³/mol. The highest BCUT2D eigenvalue weighted by atomic mass is 35.5. The number of nitrogens with one attached hydrogen (secondary N) is 1. The molecule has 194 valence electrons. The van der Waals surface area contributed by atoms with Crippen molar-refractivity contribution in [2.24, 2.45) is 0 Å². The van der Waals surface area contributed by atoms with Crippen LogP contribution in [-0.2, 0) is 27.3 Å². The summed E-state index contributed by atoms with van der Waals surface area (Å²) in [5.41, 5.74) is 1.79. The maximum atomic E-state index is 13.6. The van der Waals surface area contributed by atoms with E-state index in [-0.39, 0.29) is 31.1 Å². The van der Waals surface area contributed by atoms with Gasteiger partial charge >= 0.3 is 0 Å². The van der Waals surface area contributed by atoms with Gasteiger partial charge in [0.2, 0.25) is 5.91 Å². The van der Waals surface area contributed by atoms with Crippen LogP contribution in [0.1, 0.15) is 24.0 Å². The molecular weight excluding hydrogens is 511 g/mol. The standard InChI is InChI=1S/C29H30Cl2N2O4/c30-23-14-12-22(13-15-23)19-33(28(34)20-37-27-11-5-4-10-25(27)31)26(17-21-7-2-1-3-8-21)29(35)32-18-24-9-6-16-36-24/h1-5,7-8,10-15,24,26H,6,9,16-20H2,(H,32,35)/t24-,26-/m1/s1. The first-order valence-corrected chi connectivity index (χ1v) is 13.1. The Morgan fingerprint density at radius 2 is 1.70 bits per heavy atom. The van der Waals surface area contributed by atoms with E-state index < -0.39 is 6.04 Å². The number of halogens is 2. The molecule has 0 aliphatic carbocycles. The van der Waals surface area contributed by atoms with Crippen LogP contribution in [-0.4, -0.2) is 48.6 Å². The van der Waals surface area contributed by atoms with Crippen molar-refractivity contribution in [1.29, 1.82) is 0 Å². The smallest absolute Gasteiger partial charge is 0.261 e. The Hall–Kier alpha value is -3.06. The normalized spacial score (nSPS) is 15.7. The maximum Gasteiger partial charge on any atom is 0.261 e. The van der Waals surface area contributed by atoms with E-state index in [1.165, 1.54) is 0 Å². The van der Waals surface area contributed by atoms with E-state index in [1.807, 2.05) is 42.5 Å². The molecule has 1 N–H and O–H groups in total. The summed E-state index contributed by atoms with van der Waals surface area (Å²) in [5, 5.41) is 4.03. The lowest BCUT2D eigenvalue weighted by Gasteiger charge is -2.32. The number of rotatable bonds is 11. The first kappa shape index (κ1) is 27.0. The van der Waals surface area contributed by atoms with E-state index in [4.69, 9.17) is 32.7 Å². The molecule has 4 rings (SSSR count). The van der Waals surface area contributed by atoms with Crippen molar-refractivity contribution >= 4 is 35.0 Å². The molecule has 1 saturated heterocycles. The largest absolute Gasteiger partial charge is 0.482 e. The summed E-state index contributed by atoms with van der Waals surface area (Å²) in [7, 11) is 0. The number of ether oxygens (including phenoxy) is 2. The fourth-order valence-corrected chi connectivity index (χ4v) is 4.58. The number of para-hydroxylation sites is 1. The fourth-order valence-electron chi connectivity index (χ4n) is 4.26. The average Bonchev–Trinajstić information content (AvgIpc) is 3.44. The molecule has 0 bridgehead atoms. The molecule has 3 aromatic carbocycles. The second kappa shape index (κ2) is 13.5. The molecule has 0 aromatic heterocycles. The van der Waals surface area contributed by atoms with E-state index >= 15 is 0 Å². The molecule has 0 saturated carbocycles. The van der Waals surface area contributed by atoms with E-state index in [2.05, 4.69) is 5.32 Å².